The lowest BCUT2D eigenvalue weighted by atomic mass is 10.1. The van der Waals surface area contributed by atoms with Crippen LogP contribution < -0.4 is 10.1 Å². The Morgan fingerprint density at radius 2 is 2.29 bits per heavy atom. The number of nitrogens with zero attached hydrogens (tertiary/aromatic N) is 3. The molecule has 0 aliphatic carbocycles. The Morgan fingerprint density at radius 1 is 1.41 bits per heavy atom. The minimum absolute atomic E-state index is 0.759. The highest BCUT2D eigenvalue weighted by atomic mass is 32.1. The fourth-order valence-electron chi connectivity index (χ4n) is 1.61. The van der Waals surface area contributed by atoms with Gasteiger partial charge in [0.2, 0.25) is 5.13 Å². The molecular weight excluding hydrogens is 236 g/mol. The number of rotatable bonds is 5. The highest BCUT2D eigenvalue weighted by Crippen LogP contribution is 2.18. The van der Waals surface area contributed by atoms with Crippen molar-refractivity contribution in [3.8, 4) is 5.75 Å². The molecule has 5 nitrogen and oxygen atoms in total. The molecule has 1 heterocycles. The van der Waals surface area contributed by atoms with Crippen molar-refractivity contribution in [2.75, 3.05) is 19.0 Å². The zero-order chi connectivity index (χ0) is 12.1. The predicted octanol–water partition coefficient (Wildman–Crippen LogP) is 1.90. The van der Waals surface area contributed by atoms with Crippen LogP contribution in [0.3, 0.4) is 0 Å². The third kappa shape index (κ3) is 3.13. The number of benzene rings is 1. The van der Waals surface area contributed by atoms with Crippen LogP contribution in [0, 0.1) is 6.92 Å². The maximum atomic E-state index is 5.22. The van der Waals surface area contributed by atoms with Gasteiger partial charge in [-0.05, 0) is 35.8 Å². The second-order valence-electron chi connectivity index (χ2n) is 3.65. The minimum atomic E-state index is 0.759. The Balaban J connectivity index is 1.89. The van der Waals surface area contributed by atoms with E-state index in [0.29, 0.717) is 0 Å². The molecule has 0 aliphatic rings. The van der Waals surface area contributed by atoms with Crippen LogP contribution in [0.15, 0.2) is 18.2 Å². The first-order valence-corrected chi connectivity index (χ1v) is 6.09. The van der Waals surface area contributed by atoms with Gasteiger partial charge < -0.3 is 10.1 Å². The van der Waals surface area contributed by atoms with Crippen LogP contribution >= 0.6 is 11.5 Å². The lowest BCUT2D eigenvalue weighted by molar-refractivity contribution is 0.411. The van der Waals surface area contributed by atoms with E-state index >= 15 is 0 Å². The Hall–Kier alpha value is -1.69. The number of aromatic nitrogens is 3. The monoisotopic (exact) mass is 250 g/mol. The summed E-state index contributed by atoms with van der Waals surface area (Å²) in [5.74, 6) is 0.926. The molecule has 0 atom stereocenters. The highest BCUT2D eigenvalue weighted by Gasteiger charge is 2.01. The van der Waals surface area contributed by atoms with Crippen LogP contribution in [-0.4, -0.2) is 28.5 Å². The second-order valence-corrected chi connectivity index (χ2v) is 4.38. The third-order valence-electron chi connectivity index (χ3n) is 2.45. The van der Waals surface area contributed by atoms with Gasteiger partial charge in [0.15, 0.2) is 0 Å². The van der Waals surface area contributed by atoms with Crippen molar-refractivity contribution in [1.82, 2.24) is 14.8 Å². The summed E-state index contributed by atoms with van der Waals surface area (Å²) in [6.45, 7) is 2.87. The van der Waals surface area contributed by atoms with E-state index in [1.165, 1.54) is 17.1 Å². The molecule has 0 saturated heterocycles. The highest BCUT2D eigenvalue weighted by molar-refractivity contribution is 7.09. The van der Waals surface area contributed by atoms with Gasteiger partial charge in [0.05, 0.1) is 7.11 Å². The van der Waals surface area contributed by atoms with Crippen LogP contribution in [0.1, 0.15) is 11.1 Å². The number of methoxy groups -OCH3 is 1. The molecule has 1 aromatic heterocycles. The Kier molecular flexibility index (Phi) is 3.87. The van der Waals surface area contributed by atoms with E-state index in [2.05, 4.69) is 32.2 Å². The molecule has 0 fully saturated rings. The zero-order valence-corrected chi connectivity index (χ0v) is 10.6. The summed E-state index contributed by atoms with van der Waals surface area (Å²) < 4.78 is 8.91. The molecule has 0 saturated carbocycles. The molecule has 0 unspecified atom stereocenters. The molecule has 17 heavy (non-hydrogen) atoms. The maximum absolute atomic E-state index is 5.22. The van der Waals surface area contributed by atoms with Gasteiger partial charge in [-0.2, -0.15) is 0 Å². The summed E-state index contributed by atoms with van der Waals surface area (Å²) >= 11 is 1.26. The van der Waals surface area contributed by atoms with Crippen LogP contribution in [0.4, 0.5) is 5.13 Å². The summed E-state index contributed by atoms with van der Waals surface area (Å²) in [6, 6.07) is 6.21. The van der Waals surface area contributed by atoms with Crippen LogP contribution in [0.5, 0.6) is 5.75 Å². The molecule has 0 bridgehead atoms. The van der Waals surface area contributed by atoms with Gasteiger partial charge in [-0.15, -0.1) is 0 Å². The fourth-order valence-corrected chi connectivity index (χ4v) is 2.00. The largest absolute Gasteiger partial charge is 0.496 e. The van der Waals surface area contributed by atoms with E-state index in [1.807, 2.05) is 13.0 Å². The topological polar surface area (TPSA) is 59.9 Å². The molecule has 1 aromatic carbocycles. The van der Waals surface area contributed by atoms with Gasteiger partial charge in [-0.25, -0.2) is 0 Å². The number of anilines is 1. The van der Waals surface area contributed by atoms with Crippen molar-refractivity contribution >= 4 is 16.7 Å². The SMILES string of the molecule is COc1ccc(CCNc2nnns2)cc1C. The number of aryl methyl sites for hydroxylation is 1. The first-order chi connectivity index (χ1) is 8.29. The van der Waals surface area contributed by atoms with E-state index in [9.17, 15) is 0 Å². The second kappa shape index (κ2) is 5.58. The Labute approximate surface area is 104 Å². The summed E-state index contributed by atoms with van der Waals surface area (Å²) in [4.78, 5) is 0. The molecule has 1 N–H and O–H groups in total. The average molecular weight is 250 g/mol. The van der Waals surface area contributed by atoms with Gasteiger partial charge in [-0.3, -0.25) is 0 Å². The molecule has 0 spiro atoms. The van der Waals surface area contributed by atoms with E-state index in [1.54, 1.807) is 7.11 Å². The van der Waals surface area contributed by atoms with E-state index in [-0.39, 0.29) is 0 Å². The lowest BCUT2D eigenvalue weighted by Crippen LogP contribution is -2.04. The van der Waals surface area contributed by atoms with Crippen molar-refractivity contribution < 1.29 is 4.74 Å². The van der Waals surface area contributed by atoms with Gasteiger partial charge in [0.25, 0.3) is 0 Å². The van der Waals surface area contributed by atoms with Crippen molar-refractivity contribution in [1.29, 1.82) is 0 Å². The molecule has 0 amide bonds. The molecule has 0 aliphatic heterocycles. The third-order valence-corrected chi connectivity index (χ3v) is 3.00. The standard InChI is InChI=1S/C11H14N4OS/c1-8-7-9(3-4-10(8)16-2)5-6-12-11-13-14-15-17-11/h3-4,7H,5-6H2,1-2H3,(H,12,13,15). The average Bonchev–Trinajstić information content (AvgIpc) is 2.82. The van der Waals surface area contributed by atoms with Crippen molar-refractivity contribution in [3.63, 3.8) is 0 Å². The minimum Gasteiger partial charge on any atom is -0.496 e. The molecular formula is C11H14N4OS. The van der Waals surface area contributed by atoms with Crippen molar-refractivity contribution in [2.24, 2.45) is 0 Å². The van der Waals surface area contributed by atoms with E-state index in [4.69, 9.17) is 4.74 Å². The van der Waals surface area contributed by atoms with Crippen molar-refractivity contribution in [2.45, 2.75) is 13.3 Å². The molecule has 0 radical (unpaired) electrons. The lowest BCUT2D eigenvalue weighted by Gasteiger charge is -2.07. The molecule has 90 valence electrons. The number of ether oxygens (including phenoxy) is 1. The van der Waals surface area contributed by atoms with Crippen LogP contribution in [0.2, 0.25) is 0 Å². The van der Waals surface area contributed by atoms with Crippen LogP contribution in [-0.2, 0) is 6.42 Å². The van der Waals surface area contributed by atoms with E-state index < -0.39 is 0 Å². The first kappa shape index (κ1) is 11.8. The molecule has 2 rings (SSSR count). The zero-order valence-electron chi connectivity index (χ0n) is 9.80. The predicted molar refractivity (Wildman–Crippen MR) is 67.6 cm³/mol. The summed E-state index contributed by atoms with van der Waals surface area (Å²) in [7, 11) is 1.69. The van der Waals surface area contributed by atoms with Gasteiger partial charge in [-0.1, -0.05) is 21.7 Å². The Bertz CT molecular complexity index is 472. The van der Waals surface area contributed by atoms with Crippen molar-refractivity contribution in [3.05, 3.63) is 29.3 Å². The number of hydrogen-bond donors (Lipinski definition) is 1. The van der Waals surface area contributed by atoms with Gasteiger partial charge >= 0.3 is 0 Å². The summed E-state index contributed by atoms with van der Waals surface area (Å²) in [6.07, 6.45) is 0.935. The van der Waals surface area contributed by atoms with Gasteiger partial charge in [0, 0.05) is 18.1 Å². The fraction of sp³-hybridized carbons (Fsp3) is 0.364. The van der Waals surface area contributed by atoms with Crippen LogP contribution in [0.25, 0.3) is 0 Å². The van der Waals surface area contributed by atoms with Gasteiger partial charge in [0.1, 0.15) is 5.75 Å². The number of nitrogens with one attached hydrogen (secondary N) is 1. The normalized spacial score (nSPS) is 10.2. The summed E-state index contributed by atoms with van der Waals surface area (Å²) in [5, 5.41) is 11.3. The Morgan fingerprint density at radius 3 is 2.94 bits per heavy atom. The quantitative estimate of drug-likeness (QED) is 0.878. The molecule has 6 heteroatoms. The maximum Gasteiger partial charge on any atom is 0.225 e. The summed E-state index contributed by atoms with van der Waals surface area (Å²) in [5.41, 5.74) is 2.43. The first-order valence-electron chi connectivity index (χ1n) is 5.32. The number of hydrogen-bond acceptors (Lipinski definition) is 6. The van der Waals surface area contributed by atoms with E-state index in [0.717, 1.165) is 29.4 Å². The smallest absolute Gasteiger partial charge is 0.225 e. The molecule has 2 aromatic rings.